The third-order valence-electron chi connectivity index (χ3n) is 16.9. The van der Waals surface area contributed by atoms with Crippen molar-refractivity contribution in [2.24, 2.45) is 34.3 Å². The molecule has 104 heavy (non-hydrogen) atoms. The van der Waals surface area contributed by atoms with Gasteiger partial charge in [-0.15, -0.1) is 0 Å². The van der Waals surface area contributed by atoms with Crippen LogP contribution in [0, 0.1) is 34.0 Å². The zero-order valence-electron chi connectivity index (χ0n) is 61.8. The minimum absolute atomic E-state index is 0.0227. The van der Waals surface area contributed by atoms with E-state index >= 15 is 19.2 Å². The van der Waals surface area contributed by atoms with Gasteiger partial charge in [-0.2, -0.15) is 0 Å². The van der Waals surface area contributed by atoms with E-state index in [1.165, 1.54) is 57.4 Å². The molecule has 1 aromatic heterocycles. The van der Waals surface area contributed by atoms with Gasteiger partial charge in [0.25, 0.3) is 0 Å². The normalized spacial score (nSPS) is 22.8. The molecular weight excluding hydrogens is 1340 g/mol. The molecule has 1 aliphatic rings. The molecule has 2 aromatic carbocycles. The Labute approximate surface area is 607 Å². The molecule has 32 heteroatoms. The minimum atomic E-state index is -2.10. The van der Waals surface area contributed by atoms with Crippen LogP contribution in [0.15, 0.2) is 85.2 Å². The lowest BCUT2D eigenvalue weighted by Gasteiger charge is -2.35. The summed E-state index contributed by atoms with van der Waals surface area (Å²) in [5.41, 5.74) is 5.26. The molecule has 12 amide bonds. The summed E-state index contributed by atoms with van der Waals surface area (Å²) in [6.07, 6.45) is -1.93. The van der Waals surface area contributed by atoms with Gasteiger partial charge in [0.2, 0.25) is 65.0 Å². The van der Waals surface area contributed by atoms with Gasteiger partial charge in [-0.05, 0) is 90.4 Å². The number of carbonyl (C=O) groups excluding carboxylic acids is 12. The topological polar surface area (TPSA) is 494 Å². The van der Waals surface area contributed by atoms with E-state index in [-0.39, 0.29) is 69.6 Å². The number of pyridine rings is 1. The van der Waals surface area contributed by atoms with Gasteiger partial charge in [-0.25, -0.2) is 4.79 Å². The van der Waals surface area contributed by atoms with Crippen LogP contribution in [-0.4, -0.2) is 190 Å². The number of ether oxygens (including phenoxy) is 1. The summed E-state index contributed by atoms with van der Waals surface area (Å²) >= 11 is 0. The van der Waals surface area contributed by atoms with Crippen molar-refractivity contribution in [1.82, 2.24) is 74.1 Å². The van der Waals surface area contributed by atoms with Crippen molar-refractivity contribution < 1.29 is 77.6 Å². The number of carbonyl (C=O) groups is 12. The molecule has 1 saturated heterocycles. The molecule has 574 valence electrons. The average molecular weight is 1460 g/mol. The van der Waals surface area contributed by atoms with Gasteiger partial charge >= 0.3 is 6.09 Å². The molecule has 0 spiro atoms. The molecule has 19 N–H and O–H groups in total. The molecule has 0 radical (unpaired) electrons. The smallest absolute Gasteiger partial charge is 0.408 e. The molecule has 0 aliphatic carbocycles. The third-order valence-corrected chi connectivity index (χ3v) is 16.9. The minimum Gasteiger partial charge on any atom is -0.445 e. The summed E-state index contributed by atoms with van der Waals surface area (Å²) in [5, 5.41) is 75.5. The number of aliphatic hydroxyl groups excluding tert-OH is 3. The van der Waals surface area contributed by atoms with Gasteiger partial charge in [0, 0.05) is 25.4 Å². The predicted octanol–water partition coefficient (Wildman–Crippen LogP) is -0.113. The number of hydrogen-bond acceptors (Lipinski definition) is 18. The zero-order valence-corrected chi connectivity index (χ0v) is 61.8. The first kappa shape index (κ1) is 86.6. The maximum absolute atomic E-state index is 15.8. The number of aliphatic hydroxyl groups is 3. The first-order chi connectivity index (χ1) is 48.8. The second-order valence-corrected chi connectivity index (χ2v) is 29.4. The van der Waals surface area contributed by atoms with Crippen LogP contribution in [0.2, 0.25) is 0 Å². The lowest BCUT2D eigenvalue weighted by atomic mass is 9.86. The van der Waals surface area contributed by atoms with Crippen LogP contribution in [0.1, 0.15) is 151 Å². The van der Waals surface area contributed by atoms with Gasteiger partial charge in [0.15, 0.2) is 5.96 Å². The highest BCUT2D eigenvalue weighted by Gasteiger charge is 2.43. The second-order valence-electron chi connectivity index (χ2n) is 29.4. The highest BCUT2D eigenvalue weighted by Crippen LogP contribution is 2.26. The van der Waals surface area contributed by atoms with E-state index < -0.39 is 192 Å². The van der Waals surface area contributed by atoms with E-state index in [1.54, 1.807) is 97.0 Å². The van der Waals surface area contributed by atoms with Crippen molar-refractivity contribution in [3.63, 3.8) is 0 Å². The fourth-order valence-corrected chi connectivity index (χ4v) is 11.2. The van der Waals surface area contributed by atoms with Crippen molar-refractivity contribution in [2.75, 3.05) is 19.7 Å². The van der Waals surface area contributed by atoms with Crippen molar-refractivity contribution in [3.05, 3.63) is 102 Å². The van der Waals surface area contributed by atoms with E-state index in [2.05, 4.69) is 74.1 Å². The van der Waals surface area contributed by atoms with Crippen LogP contribution >= 0.6 is 0 Å². The summed E-state index contributed by atoms with van der Waals surface area (Å²) in [6, 6.07) is 0.860. The fraction of sp³-hybridized carbons (Fsp3) is 0.583. The summed E-state index contributed by atoms with van der Waals surface area (Å²) in [4.78, 5) is 180. The van der Waals surface area contributed by atoms with Gasteiger partial charge in [0.05, 0.1) is 31.4 Å². The molecule has 0 bridgehead atoms. The molecule has 14 atom stereocenters. The molecule has 4 rings (SSSR count). The number of alkyl carbamates (subject to hydrolysis) is 1. The molecule has 3 aromatic rings. The molecular formula is C72H110N16O16. The Kier molecular flexibility index (Phi) is 34.5. The fourth-order valence-electron chi connectivity index (χ4n) is 11.2. The SMILES string of the molecule is CC[C@H](C)[C@@H]1NC(=O)[C@@H](CCCNC(=N)N)NC(=O)[C@H](CC(C)C)NC(=O)[C@H]([C@H](O)C(C)C)NC(=O)[C@@H](NC(=O)[C@H](CC(C)(C)C)NC(=O)[C@@H](CC(C)(C)C)NC(=O)OCc2ccccc2)[C@@H](c2ccccc2)NC(=O)[C@H](CO)NC(=O)[C@H](Cc2cccnc2)NC(=O)CNC(=O)[C@H]([C@H](C)O)NC1=O. The zero-order chi connectivity index (χ0) is 77.8. The molecule has 1 aliphatic heterocycles. The van der Waals surface area contributed by atoms with Crippen molar-refractivity contribution in [2.45, 2.75) is 220 Å². The Hall–Kier alpha value is -9.82. The highest BCUT2D eigenvalue weighted by molar-refractivity contribution is 6.00. The Morgan fingerprint density at radius 2 is 1.16 bits per heavy atom. The van der Waals surface area contributed by atoms with E-state index in [9.17, 15) is 53.7 Å². The quantitative estimate of drug-likeness (QED) is 0.0316. The third kappa shape index (κ3) is 29.5. The summed E-state index contributed by atoms with van der Waals surface area (Å²) in [7, 11) is 0. The van der Waals surface area contributed by atoms with Crippen LogP contribution in [0.4, 0.5) is 4.79 Å². The van der Waals surface area contributed by atoms with Crippen LogP contribution in [0.3, 0.4) is 0 Å². The van der Waals surface area contributed by atoms with Crippen LogP contribution < -0.4 is 74.9 Å². The molecule has 0 saturated carbocycles. The lowest BCUT2D eigenvalue weighted by molar-refractivity contribution is -0.139. The number of nitrogens with zero attached hydrogens (tertiary/aromatic N) is 1. The van der Waals surface area contributed by atoms with E-state index in [0.29, 0.717) is 11.1 Å². The number of guanidine groups is 1. The average Bonchev–Trinajstić information content (AvgIpc) is 0.807. The number of amides is 12. The summed E-state index contributed by atoms with van der Waals surface area (Å²) in [6.45, 7) is 19.6. The summed E-state index contributed by atoms with van der Waals surface area (Å²) < 4.78 is 5.49. The van der Waals surface area contributed by atoms with E-state index in [1.807, 2.05) is 20.8 Å². The molecule has 32 nitrogen and oxygen atoms in total. The number of nitrogens with two attached hydrogens (primary N) is 1. The van der Waals surface area contributed by atoms with E-state index in [0.717, 1.165) is 0 Å². The summed E-state index contributed by atoms with van der Waals surface area (Å²) in [5.74, 6) is -13.9. The number of rotatable bonds is 24. The van der Waals surface area contributed by atoms with Crippen molar-refractivity contribution in [3.8, 4) is 0 Å². The van der Waals surface area contributed by atoms with Gasteiger partial charge in [-0.1, -0.05) is 156 Å². The standard InChI is InChI=1S/C72H110N16O16/c1-14-41(6)53-66(100)85-54(42(7)90)65(99)77-36-52(91)78-48(32-44-25-21-29-75-35-44)61(95)82-51(37-89)64(98)86-55(45-26-19-16-20-27-45)56(87-63(97)49(33-71(8,9)10)81-62(96)50(34-72(11,12)13)83-70(103)104-38-43-23-17-15-18-24-43)67(101)88-57(58(92)40(4)5)68(102)80-47(31-39(2)3)60(94)79-46(59(93)84-53)28-22-30-76-69(73)74/h15-21,23-27,29,35,39-42,46-51,53-58,89-90,92H,14,22,28,30-34,36-38H2,1-13H3,(H,77,99)(H,78,91)(H,79,94)(H,80,102)(H,81,96)(H,82,95)(H,83,103)(H,84,93)(H,85,100)(H,86,98)(H,87,97)(H,88,101)(H4,73,74,76)/t41-,42-,46+,47-,48-,49-,50+,51-,53-,54-,55+,56-,57-,58+/m0/s1. The number of hydrogen-bond donors (Lipinski definition) is 18. The first-order valence-corrected chi connectivity index (χ1v) is 35.1. The van der Waals surface area contributed by atoms with Crippen LogP contribution in [-0.2, 0) is 70.5 Å². The Balaban J connectivity index is 2.00. The first-order valence-electron chi connectivity index (χ1n) is 35.1. The maximum Gasteiger partial charge on any atom is 0.408 e. The maximum atomic E-state index is 15.8. The Bertz CT molecular complexity index is 3370. The van der Waals surface area contributed by atoms with Crippen molar-refractivity contribution in [1.29, 1.82) is 5.41 Å². The number of benzene rings is 2. The van der Waals surface area contributed by atoms with Crippen LogP contribution in [0.5, 0.6) is 0 Å². The van der Waals surface area contributed by atoms with Gasteiger partial charge in [-0.3, -0.25) is 63.1 Å². The molecule has 2 heterocycles. The molecule has 1 fully saturated rings. The van der Waals surface area contributed by atoms with E-state index in [4.69, 9.17) is 15.9 Å². The lowest BCUT2D eigenvalue weighted by Crippen LogP contribution is -2.65. The number of aromatic nitrogens is 1. The largest absolute Gasteiger partial charge is 0.445 e. The molecule has 0 unspecified atom stereocenters. The predicted molar refractivity (Wildman–Crippen MR) is 385 cm³/mol. The second kappa shape index (κ2) is 41.5. The van der Waals surface area contributed by atoms with Gasteiger partial charge < -0.3 is 94.9 Å². The Morgan fingerprint density at radius 1 is 0.625 bits per heavy atom. The number of nitrogens with one attached hydrogen (secondary N) is 14. The van der Waals surface area contributed by atoms with Crippen LogP contribution in [0.25, 0.3) is 0 Å². The monoisotopic (exact) mass is 1450 g/mol. The van der Waals surface area contributed by atoms with Crippen molar-refractivity contribution >= 4 is 77.0 Å². The van der Waals surface area contributed by atoms with Gasteiger partial charge in [0.1, 0.15) is 67.0 Å². The highest BCUT2D eigenvalue weighted by atomic mass is 16.5. The Morgan fingerprint density at radius 3 is 1.72 bits per heavy atom.